The summed E-state index contributed by atoms with van der Waals surface area (Å²) in [5.74, 6) is -1.00. The summed E-state index contributed by atoms with van der Waals surface area (Å²) in [6.07, 6.45) is 75.9. The van der Waals surface area contributed by atoms with E-state index < -0.39 is 32.5 Å². The van der Waals surface area contributed by atoms with Crippen LogP contribution >= 0.6 is 7.82 Å². The van der Waals surface area contributed by atoms with Gasteiger partial charge < -0.3 is 18.9 Å². The number of allylic oxidation sites excluding steroid dienone is 27. The third-order valence-electron chi connectivity index (χ3n) is 9.78. The van der Waals surface area contributed by atoms with E-state index in [9.17, 15) is 19.0 Å². The number of hydrogen-bond donors (Lipinski definition) is 1. The molecule has 0 radical (unpaired) electrons. The third-order valence-corrected chi connectivity index (χ3v) is 10.8. The van der Waals surface area contributed by atoms with Crippen molar-refractivity contribution in [2.45, 2.75) is 148 Å². The molecule has 0 fully saturated rings. The van der Waals surface area contributed by atoms with E-state index in [-0.39, 0.29) is 26.1 Å². The minimum Gasteiger partial charge on any atom is -0.461 e. The van der Waals surface area contributed by atoms with Crippen LogP contribution in [0.25, 0.3) is 0 Å². The Morgan fingerprint density at radius 3 is 1.19 bits per heavy atom. The van der Waals surface area contributed by atoms with Gasteiger partial charge in [0.05, 0.1) is 34.2 Å². The maximum Gasteiger partial charge on any atom is 0.472 e. The van der Waals surface area contributed by atoms with Crippen LogP contribution < -0.4 is 0 Å². The minimum absolute atomic E-state index is 0.000290. The fourth-order valence-corrected chi connectivity index (χ4v) is 6.58. The fourth-order valence-electron chi connectivity index (χ4n) is 5.84. The van der Waals surface area contributed by atoms with Crippen molar-refractivity contribution < 1.29 is 42.1 Å². The van der Waals surface area contributed by atoms with E-state index in [1.165, 1.54) is 0 Å². The van der Waals surface area contributed by atoms with Crippen LogP contribution in [0, 0.1) is 0 Å². The number of esters is 2. The Bertz CT molecular complexity index is 1780. The van der Waals surface area contributed by atoms with Crippen LogP contribution in [-0.4, -0.2) is 74.9 Å². The van der Waals surface area contributed by atoms with E-state index in [0.29, 0.717) is 23.9 Å². The van der Waals surface area contributed by atoms with Crippen LogP contribution in [-0.2, 0) is 32.7 Å². The van der Waals surface area contributed by atoms with Crippen molar-refractivity contribution in [3.63, 3.8) is 0 Å². The Morgan fingerprint density at radius 1 is 0.457 bits per heavy atom. The number of likely N-dealkylation sites (N-methyl/N-ethyl adjacent to an activating group) is 1. The Morgan fingerprint density at radius 2 is 0.814 bits per heavy atom. The Kier molecular flexibility index (Phi) is 46.1. The molecular formula is C60H93NO8P+. The van der Waals surface area contributed by atoms with Crippen molar-refractivity contribution in [3.05, 3.63) is 170 Å². The molecule has 0 aliphatic rings. The molecule has 0 bridgehead atoms. The zero-order valence-corrected chi connectivity index (χ0v) is 44.8. The number of rotatable bonds is 44. The molecule has 0 amide bonds. The molecule has 0 aromatic heterocycles. The summed E-state index contributed by atoms with van der Waals surface area (Å²) in [5.41, 5.74) is 0. The third kappa shape index (κ3) is 52.7. The molecule has 70 heavy (non-hydrogen) atoms. The van der Waals surface area contributed by atoms with Crippen LogP contribution in [0.2, 0.25) is 0 Å². The van der Waals surface area contributed by atoms with Gasteiger partial charge in [0.25, 0.3) is 0 Å². The Labute approximate surface area is 426 Å². The van der Waals surface area contributed by atoms with Gasteiger partial charge in [-0.1, -0.05) is 190 Å². The molecule has 0 spiro atoms. The second kappa shape index (κ2) is 49.4. The van der Waals surface area contributed by atoms with E-state index in [1.54, 1.807) is 6.08 Å². The highest BCUT2D eigenvalue weighted by atomic mass is 31.2. The van der Waals surface area contributed by atoms with E-state index in [1.807, 2.05) is 33.3 Å². The molecule has 0 heterocycles. The van der Waals surface area contributed by atoms with Gasteiger partial charge in [0, 0.05) is 6.42 Å². The second-order valence-corrected chi connectivity index (χ2v) is 18.9. The average Bonchev–Trinajstić information content (AvgIpc) is 3.32. The second-order valence-electron chi connectivity index (χ2n) is 17.5. The molecule has 0 aromatic carbocycles. The van der Waals surface area contributed by atoms with Crippen LogP contribution in [0.4, 0.5) is 0 Å². The number of hydrogen-bond acceptors (Lipinski definition) is 7. The Hall–Kier alpha value is -4.63. The lowest BCUT2D eigenvalue weighted by atomic mass is 10.1. The van der Waals surface area contributed by atoms with Gasteiger partial charge in [-0.05, 0) is 109 Å². The standard InChI is InChI=1S/C60H92NO8P/c1-6-8-10-12-14-16-18-20-22-23-24-25-26-27-28-29-30-31-32-33-34-35-36-37-39-41-43-45-47-49-51-53-60(63)69-58(57-68-70(64,65)67-55-54-61(3,4)5)56-66-59(62)52-50-48-46-44-42-40-38-21-19-17-15-13-11-9-7-2/h8-11,14-17,20-22,24-25,27-28,30-31,33-34,36-38,41-44,48,50,58H,6-7,12-13,18-19,23,26,29,32,35,39-40,45-47,49,51-57H2,1-5H3/p+1/b10-8-,11-9-,16-14-,17-15-,22-20-,25-24-,28-27-,31-30-,34-33-,37-36-,38-21-,43-41-,44-42-,50-48-. The molecular weight excluding hydrogens is 894 g/mol. The lowest BCUT2D eigenvalue weighted by Crippen LogP contribution is -2.37. The first kappa shape index (κ1) is 65.4. The molecule has 0 aliphatic carbocycles. The lowest BCUT2D eigenvalue weighted by molar-refractivity contribution is -0.870. The molecule has 10 heteroatoms. The van der Waals surface area contributed by atoms with E-state index in [4.69, 9.17) is 18.5 Å². The molecule has 0 rings (SSSR count). The highest BCUT2D eigenvalue weighted by Crippen LogP contribution is 2.43. The predicted octanol–water partition coefficient (Wildman–Crippen LogP) is 15.9. The molecule has 0 saturated heterocycles. The average molecular weight is 987 g/mol. The van der Waals surface area contributed by atoms with Gasteiger partial charge >= 0.3 is 19.8 Å². The summed E-state index contributed by atoms with van der Waals surface area (Å²) in [6, 6.07) is 0. The predicted molar refractivity (Wildman–Crippen MR) is 297 cm³/mol. The summed E-state index contributed by atoms with van der Waals surface area (Å²) in [7, 11) is 1.37. The first-order valence-corrected chi connectivity index (χ1v) is 27.4. The zero-order chi connectivity index (χ0) is 51.3. The van der Waals surface area contributed by atoms with Crippen molar-refractivity contribution in [2.24, 2.45) is 0 Å². The summed E-state index contributed by atoms with van der Waals surface area (Å²) in [6.45, 7) is 4.00. The molecule has 2 unspecified atom stereocenters. The SMILES string of the molecule is CC/C=C\C/C=C\C/C=C\C/C=C\C/C=C\C/C=C\C/C=C\C/C=C\C/C=C\CCCCCC(=O)OC(COC(=O)C/C=C\C/C=C\C/C=C\C/C=C\C/C=C\CC)COP(=O)(O)OCC[N+](C)(C)C. The normalized spacial score (nSPS) is 14.8. The van der Waals surface area contributed by atoms with Crippen LogP contribution in [0.1, 0.15) is 142 Å². The number of nitrogens with zero attached hydrogens (tertiary/aromatic N) is 1. The maximum atomic E-state index is 12.7. The summed E-state index contributed by atoms with van der Waals surface area (Å²) in [4.78, 5) is 35.4. The molecule has 1 N–H and O–H groups in total. The summed E-state index contributed by atoms with van der Waals surface area (Å²) < 4.78 is 34.2. The van der Waals surface area contributed by atoms with Crippen molar-refractivity contribution in [3.8, 4) is 0 Å². The minimum atomic E-state index is -4.42. The Balaban J connectivity index is 4.42. The van der Waals surface area contributed by atoms with E-state index in [2.05, 4.69) is 166 Å². The van der Waals surface area contributed by atoms with E-state index >= 15 is 0 Å². The van der Waals surface area contributed by atoms with Crippen molar-refractivity contribution in [1.82, 2.24) is 0 Å². The topological polar surface area (TPSA) is 108 Å². The van der Waals surface area contributed by atoms with Gasteiger partial charge in [-0.15, -0.1) is 0 Å². The molecule has 9 nitrogen and oxygen atoms in total. The highest BCUT2D eigenvalue weighted by Gasteiger charge is 2.27. The van der Waals surface area contributed by atoms with Gasteiger partial charge in [-0.25, -0.2) is 4.57 Å². The largest absolute Gasteiger partial charge is 0.472 e. The fraction of sp³-hybridized carbons (Fsp3) is 0.500. The quantitative estimate of drug-likeness (QED) is 0.0211. The van der Waals surface area contributed by atoms with Crippen molar-refractivity contribution in [1.29, 1.82) is 0 Å². The van der Waals surface area contributed by atoms with Crippen LogP contribution in [0.3, 0.4) is 0 Å². The summed E-state index contributed by atoms with van der Waals surface area (Å²) >= 11 is 0. The van der Waals surface area contributed by atoms with Crippen molar-refractivity contribution in [2.75, 3.05) is 47.5 Å². The van der Waals surface area contributed by atoms with Gasteiger partial charge in [-0.2, -0.15) is 0 Å². The molecule has 0 saturated carbocycles. The molecule has 0 aromatic rings. The van der Waals surface area contributed by atoms with Gasteiger partial charge in [0.1, 0.15) is 19.8 Å². The number of carbonyl (C=O) groups excluding carboxylic acids is 2. The molecule has 0 aliphatic heterocycles. The monoisotopic (exact) mass is 987 g/mol. The van der Waals surface area contributed by atoms with Crippen molar-refractivity contribution >= 4 is 19.8 Å². The first-order valence-electron chi connectivity index (χ1n) is 25.9. The zero-order valence-electron chi connectivity index (χ0n) is 43.9. The maximum absolute atomic E-state index is 12.7. The van der Waals surface area contributed by atoms with Gasteiger partial charge in [0.15, 0.2) is 6.10 Å². The first-order chi connectivity index (χ1) is 34.0. The lowest BCUT2D eigenvalue weighted by Gasteiger charge is -2.24. The smallest absolute Gasteiger partial charge is 0.461 e. The van der Waals surface area contributed by atoms with Crippen LogP contribution in [0.5, 0.6) is 0 Å². The number of carbonyl (C=O) groups is 2. The highest BCUT2D eigenvalue weighted by molar-refractivity contribution is 7.47. The number of unbranched alkanes of at least 4 members (excludes halogenated alkanes) is 3. The van der Waals surface area contributed by atoms with Gasteiger partial charge in [0.2, 0.25) is 0 Å². The number of quaternary nitrogens is 1. The van der Waals surface area contributed by atoms with Gasteiger partial charge in [-0.3, -0.25) is 18.6 Å². The number of ether oxygens (including phenoxy) is 2. The number of phosphoric ester groups is 1. The molecule has 2 atom stereocenters. The van der Waals surface area contributed by atoms with Crippen LogP contribution in [0.15, 0.2) is 170 Å². The molecule has 390 valence electrons. The van der Waals surface area contributed by atoms with E-state index in [0.717, 1.165) is 103 Å². The number of phosphoric acid groups is 1. The summed E-state index contributed by atoms with van der Waals surface area (Å²) in [5, 5.41) is 0.